The van der Waals surface area contributed by atoms with Crippen LogP contribution in [0.4, 0.5) is 0 Å². The number of hydrogen-bond donors (Lipinski definition) is 0. The van der Waals surface area contributed by atoms with Crippen LogP contribution in [-0.4, -0.2) is 42.3 Å². The van der Waals surface area contributed by atoms with E-state index < -0.39 is 9.84 Å². The number of rotatable bonds is 8. The van der Waals surface area contributed by atoms with Crippen molar-refractivity contribution in [3.8, 4) is 0 Å². The van der Waals surface area contributed by atoms with E-state index in [9.17, 15) is 13.2 Å². The van der Waals surface area contributed by atoms with E-state index in [2.05, 4.69) is 4.98 Å². The lowest BCUT2D eigenvalue weighted by atomic mass is 10.2. The smallest absolute Gasteiger partial charge is 0.257 e. The maximum Gasteiger partial charge on any atom is 0.257 e. The van der Waals surface area contributed by atoms with Crippen molar-refractivity contribution in [2.75, 3.05) is 18.1 Å². The summed E-state index contributed by atoms with van der Waals surface area (Å²) in [5.41, 5.74) is 2.05. The number of nitrogens with zero attached hydrogens (tertiary/aromatic N) is 2. The van der Waals surface area contributed by atoms with Gasteiger partial charge in [0, 0.05) is 13.1 Å². The SMILES string of the molecule is CCN(Cc1ccccc1)C(=O)CSc1nc2cc(S(=O)(=O)CC)ccc2o1. The average molecular weight is 419 g/mol. The van der Waals surface area contributed by atoms with Gasteiger partial charge in [-0.25, -0.2) is 13.4 Å². The topological polar surface area (TPSA) is 80.5 Å². The predicted octanol–water partition coefficient (Wildman–Crippen LogP) is 3.76. The summed E-state index contributed by atoms with van der Waals surface area (Å²) in [5.74, 6) is 0.224. The van der Waals surface area contributed by atoms with Gasteiger partial charge in [-0.05, 0) is 30.7 Å². The molecular weight excluding hydrogens is 396 g/mol. The molecule has 0 radical (unpaired) electrons. The van der Waals surface area contributed by atoms with Crippen LogP contribution in [0.5, 0.6) is 0 Å². The fraction of sp³-hybridized carbons (Fsp3) is 0.300. The van der Waals surface area contributed by atoms with Crippen molar-refractivity contribution in [2.45, 2.75) is 30.5 Å². The lowest BCUT2D eigenvalue weighted by Crippen LogP contribution is -2.31. The molecule has 28 heavy (non-hydrogen) atoms. The van der Waals surface area contributed by atoms with E-state index >= 15 is 0 Å². The molecule has 148 valence electrons. The summed E-state index contributed by atoms with van der Waals surface area (Å²) in [4.78, 5) is 18.9. The van der Waals surface area contributed by atoms with Crippen LogP contribution < -0.4 is 0 Å². The second-order valence-electron chi connectivity index (χ2n) is 6.19. The van der Waals surface area contributed by atoms with E-state index in [1.54, 1.807) is 17.9 Å². The Hall–Kier alpha value is -2.32. The van der Waals surface area contributed by atoms with Gasteiger partial charge in [0.05, 0.1) is 16.4 Å². The number of amides is 1. The Bertz CT molecular complexity index is 1060. The van der Waals surface area contributed by atoms with Crippen LogP contribution >= 0.6 is 11.8 Å². The van der Waals surface area contributed by atoms with Gasteiger partial charge in [-0.3, -0.25) is 4.79 Å². The zero-order chi connectivity index (χ0) is 20.1. The minimum absolute atomic E-state index is 0.00661. The van der Waals surface area contributed by atoms with Crippen LogP contribution in [0, 0.1) is 0 Å². The van der Waals surface area contributed by atoms with Crippen molar-refractivity contribution in [1.29, 1.82) is 0 Å². The number of aromatic nitrogens is 1. The highest BCUT2D eigenvalue weighted by Crippen LogP contribution is 2.26. The van der Waals surface area contributed by atoms with Gasteiger partial charge in [-0.1, -0.05) is 49.0 Å². The molecule has 1 heterocycles. The van der Waals surface area contributed by atoms with E-state index in [0.29, 0.717) is 29.4 Å². The van der Waals surface area contributed by atoms with Crippen molar-refractivity contribution in [1.82, 2.24) is 9.88 Å². The second kappa shape index (κ2) is 8.79. The second-order valence-corrected chi connectivity index (χ2v) is 9.40. The molecule has 0 N–H and O–H groups in total. The first-order valence-electron chi connectivity index (χ1n) is 9.00. The summed E-state index contributed by atoms with van der Waals surface area (Å²) in [6, 6.07) is 14.5. The number of carbonyl (C=O) groups excluding carboxylic acids is 1. The Balaban J connectivity index is 1.67. The fourth-order valence-corrected chi connectivity index (χ4v) is 4.34. The molecule has 3 rings (SSSR count). The summed E-state index contributed by atoms with van der Waals surface area (Å²) in [6.45, 7) is 4.72. The van der Waals surface area contributed by atoms with Gasteiger partial charge in [-0.2, -0.15) is 0 Å². The third-order valence-corrected chi connectivity index (χ3v) is 6.89. The molecule has 2 aromatic carbocycles. The van der Waals surface area contributed by atoms with Crippen LogP contribution in [0.3, 0.4) is 0 Å². The molecule has 0 saturated carbocycles. The van der Waals surface area contributed by atoms with Crippen LogP contribution in [0.2, 0.25) is 0 Å². The Labute approximate surface area is 168 Å². The molecule has 8 heteroatoms. The molecule has 0 atom stereocenters. The minimum atomic E-state index is -3.30. The molecule has 0 aliphatic heterocycles. The zero-order valence-electron chi connectivity index (χ0n) is 15.8. The van der Waals surface area contributed by atoms with E-state index in [-0.39, 0.29) is 22.3 Å². The molecular formula is C20H22N2O4S2. The standard InChI is InChI=1S/C20H22N2O4S2/c1-3-22(13-15-8-6-5-7-9-15)19(23)14-27-20-21-17-12-16(28(24,25)4-2)10-11-18(17)26-20/h5-12H,3-4,13-14H2,1-2H3. The van der Waals surface area contributed by atoms with Crippen molar-refractivity contribution in [3.05, 3.63) is 54.1 Å². The van der Waals surface area contributed by atoms with E-state index in [0.717, 1.165) is 5.56 Å². The van der Waals surface area contributed by atoms with Gasteiger partial charge in [0.25, 0.3) is 5.22 Å². The van der Waals surface area contributed by atoms with Crippen LogP contribution in [0.25, 0.3) is 11.1 Å². The summed E-state index contributed by atoms with van der Waals surface area (Å²) >= 11 is 1.21. The molecule has 6 nitrogen and oxygen atoms in total. The predicted molar refractivity (Wildman–Crippen MR) is 110 cm³/mol. The number of benzene rings is 2. The van der Waals surface area contributed by atoms with Crippen LogP contribution in [0.15, 0.2) is 63.1 Å². The van der Waals surface area contributed by atoms with Gasteiger partial charge in [-0.15, -0.1) is 0 Å². The largest absolute Gasteiger partial charge is 0.431 e. The van der Waals surface area contributed by atoms with Gasteiger partial charge >= 0.3 is 0 Å². The van der Waals surface area contributed by atoms with Gasteiger partial charge in [0.15, 0.2) is 15.4 Å². The molecule has 0 bridgehead atoms. The van der Waals surface area contributed by atoms with Gasteiger partial charge in [0.1, 0.15) is 5.52 Å². The van der Waals surface area contributed by atoms with Crippen molar-refractivity contribution >= 4 is 38.6 Å². The molecule has 0 fully saturated rings. The Morgan fingerprint density at radius 2 is 1.89 bits per heavy atom. The molecule has 1 amide bonds. The maximum atomic E-state index is 12.5. The lowest BCUT2D eigenvalue weighted by Gasteiger charge is -2.20. The normalized spacial score (nSPS) is 11.6. The first-order valence-corrected chi connectivity index (χ1v) is 11.6. The Morgan fingerprint density at radius 1 is 1.14 bits per heavy atom. The first kappa shape index (κ1) is 20.4. The highest BCUT2D eigenvalue weighted by atomic mass is 32.2. The van der Waals surface area contributed by atoms with Crippen molar-refractivity contribution < 1.29 is 17.6 Å². The highest BCUT2D eigenvalue weighted by Gasteiger charge is 2.17. The number of oxazole rings is 1. The minimum Gasteiger partial charge on any atom is -0.431 e. The molecule has 0 aliphatic rings. The maximum absolute atomic E-state index is 12.5. The van der Waals surface area contributed by atoms with Gasteiger partial charge < -0.3 is 9.32 Å². The highest BCUT2D eigenvalue weighted by molar-refractivity contribution is 7.99. The number of carbonyl (C=O) groups is 1. The quantitative estimate of drug-likeness (QED) is 0.518. The van der Waals surface area contributed by atoms with Crippen molar-refractivity contribution in [3.63, 3.8) is 0 Å². The summed E-state index contributed by atoms with van der Waals surface area (Å²) in [6.07, 6.45) is 0. The fourth-order valence-electron chi connectivity index (χ4n) is 2.70. The lowest BCUT2D eigenvalue weighted by molar-refractivity contribution is -0.128. The number of thioether (sulfide) groups is 1. The number of sulfone groups is 1. The van der Waals surface area contributed by atoms with E-state index in [4.69, 9.17) is 4.42 Å². The molecule has 1 aromatic heterocycles. The van der Waals surface area contributed by atoms with Crippen molar-refractivity contribution in [2.24, 2.45) is 0 Å². The third-order valence-electron chi connectivity index (χ3n) is 4.35. The molecule has 0 spiro atoms. The molecule has 0 unspecified atom stereocenters. The zero-order valence-corrected chi connectivity index (χ0v) is 17.4. The summed E-state index contributed by atoms with van der Waals surface area (Å²) in [5, 5.41) is 0.352. The van der Waals surface area contributed by atoms with E-state index in [1.165, 1.54) is 23.9 Å². The first-order chi connectivity index (χ1) is 13.4. The average Bonchev–Trinajstić information content (AvgIpc) is 3.13. The third kappa shape index (κ3) is 4.74. The summed E-state index contributed by atoms with van der Waals surface area (Å²) < 4.78 is 29.7. The number of hydrogen-bond acceptors (Lipinski definition) is 6. The molecule has 0 aliphatic carbocycles. The summed E-state index contributed by atoms with van der Waals surface area (Å²) in [7, 11) is -3.30. The Morgan fingerprint density at radius 3 is 2.57 bits per heavy atom. The molecule has 0 saturated heterocycles. The number of fused-ring (bicyclic) bond motifs is 1. The van der Waals surface area contributed by atoms with Crippen LogP contribution in [-0.2, 0) is 21.2 Å². The molecule has 3 aromatic rings. The van der Waals surface area contributed by atoms with E-state index in [1.807, 2.05) is 37.3 Å². The monoisotopic (exact) mass is 418 g/mol. The Kier molecular flexibility index (Phi) is 6.41. The van der Waals surface area contributed by atoms with Gasteiger partial charge in [0.2, 0.25) is 5.91 Å². The van der Waals surface area contributed by atoms with Crippen LogP contribution in [0.1, 0.15) is 19.4 Å².